The van der Waals surface area contributed by atoms with Gasteiger partial charge in [0, 0.05) is 29.4 Å². The number of nitrogens with zero attached hydrogens (tertiary/aromatic N) is 2. The summed E-state index contributed by atoms with van der Waals surface area (Å²) in [4.78, 5) is 4.93. The number of pyridine rings is 1. The first-order valence-electron chi connectivity index (χ1n) is 10.9. The largest absolute Gasteiger partial charge is 0.459 e. The molecular weight excluding hydrogens is 391 g/mol. The van der Waals surface area contributed by atoms with E-state index in [9.17, 15) is 0 Å². The molecule has 1 aromatic heterocycles. The molecule has 0 amide bonds. The van der Waals surface area contributed by atoms with E-state index in [1.54, 1.807) is 0 Å². The third-order valence-corrected chi connectivity index (χ3v) is 7.65. The Morgan fingerprint density at radius 3 is 2.06 bits per heavy atom. The predicted octanol–water partition coefficient (Wildman–Crippen LogP) is 7.31. The fourth-order valence-electron chi connectivity index (χ4n) is 4.39. The van der Waals surface area contributed by atoms with Crippen LogP contribution in [0.2, 0.25) is 11.6 Å². The molecule has 0 N–H and O–H groups in total. The lowest BCUT2D eigenvalue weighted by molar-refractivity contribution is 1.02. The highest BCUT2D eigenvalue weighted by atomic mass is 27.2. The van der Waals surface area contributed by atoms with Gasteiger partial charge in [0.15, 0.2) is 0 Å². The smallest absolute Gasteiger partial charge is 0.407 e. The van der Waals surface area contributed by atoms with Crippen LogP contribution in [-0.2, 0) is 6.54 Å². The Bertz CT molecular complexity index is 1340. The summed E-state index contributed by atoms with van der Waals surface area (Å²) in [6.07, 6.45) is 1.94. The van der Waals surface area contributed by atoms with E-state index in [4.69, 9.17) is 4.98 Å². The number of benzene rings is 4. The molecule has 5 rings (SSSR count). The number of rotatable bonds is 5. The molecule has 0 spiro atoms. The van der Waals surface area contributed by atoms with Crippen molar-refractivity contribution in [3.05, 3.63) is 109 Å². The van der Waals surface area contributed by atoms with Crippen LogP contribution >= 0.6 is 0 Å². The van der Waals surface area contributed by atoms with Crippen LogP contribution in [0, 0.1) is 0 Å². The Labute approximate surface area is 188 Å². The topological polar surface area (TPSA) is 16.1 Å². The standard InChI is InChI=1S/C26H19N2.2CH3.Al/c1-2-8-19(9-3-1)18-28-24-15-14-20-10-4-6-12-22(20)25(24)26-23-13-7-5-11-21(23)16-17-27-26;;;/h1-17H,18H2;2*1H3;/q-1;;;+1. The van der Waals surface area contributed by atoms with Gasteiger partial charge in [-0.2, -0.15) is 0 Å². The van der Waals surface area contributed by atoms with Crippen molar-refractivity contribution in [2.24, 2.45) is 0 Å². The quantitative estimate of drug-likeness (QED) is 0.279. The summed E-state index contributed by atoms with van der Waals surface area (Å²) in [5.74, 6) is 4.80. The second-order valence-corrected chi connectivity index (χ2v) is 11.1. The van der Waals surface area contributed by atoms with E-state index in [0.29, 0.717) is 0 Å². The molecule has 0 bridgehead atoms. The zero-order chi connectivity index (χ0) is 21.2. The second-order valence-electron chi connectivity index (χ2n) is 8.27. The number of anilines is 1. The lowest BCUT2D eigenvalue weighted by atomic mass is 9.96. The minimum absolute atomic E-state index is 0.917. The van der Waals surface area contributed by atoms with Gasteiger partial charge in [0.25, 0.3) is 0 Å². The zero-order valence-corrected chi connectivity index (χ0v) is 19.1. The summed E-state index contributed by atoms with van der Waals surface area (Å²) in [6, 6.07) is 34.7. The Balaban J connectivity index is 1.79. The number of hydrogen-bond acceptors (Lipinski definition) is 2. The highest BCUT2D eigenvalue weighted by Gasteiger charge is 2.23. The predicted molar refractivity (Wildman–Crippen MR) is 135 cm³/mol. The van der Waals surface area contributed by atoms with Gasteiger partial charge >= 0.3 is 14.4 Å². The van der Waals surface area contributed by atoms with E-state index in [2.05, 4.69) is 113 Å². The van der Waals surface area contributed by atoms with Crippen LogP contribution in [-0.4, -0.2) is 19.4 Å². The molecule has 0 aliphatic carbocycles. The summed E-state index contributed by atoms with van der Waals surface area (Å²) in [6.45, 7) is 0.917. The van der Waals surface area contributed by atoms with E-state index >= 15 is 0 Å². The van der Waals surface area contributed by atoms with Gasteiger partial charge in [-0.25, -0.2) is 0 Å². The van der Waals surface area contributed by atoms with Crippen molar-refractivity contribution < 1.29 is 0 Å². The Morgan fingerprint density at radius 1 is 0.677 bits per heavy atom. The van der Waals surface area contributed by atoms with Crippen molar-refractivity contribution in [2.45, 2.75) is 18.1 Å². The van der Waals surface area contributed by atoms with Crippen molar-refractivity contribution in [1.29, 1.82) is 0 Å². The minimum Gasteiger partial charge on any atom is -0.459 e. The fraction of sp³-hybridized carbons (Fsp3) is 0.107. The van der Waals surface area contributed by atoms with E-state index in [1.165, 1.54) is 38.4 Å². The van der Waals surface area contributed by atoms with Gasteiger partial charge in [-0.3, -0.25) is 4.98 Å². The van der Waals surface area contributed by atoms with Crippen molar-refractivity contribution in [2.75, 3.05) is 3.88 Å². The summed E-state index contributed by atoms with van der Waals surface area (Å²) in [5.41, 5.74) is 4.94. The number of fused-ring (bicyclic) bond motifs is 2. The molecule has 2 nitrogen and oxygen atoms in total. The summed E-state index contributed by atoms with van der Waals surface area (Å²) >= 11 is -1.17. The average Bonchev–Trinajstić information content (AvgIpc) is 2.82. The molecule has 31 heavy (non-hydrogen) atoms. The second kappa shape index (κ2) is 8.55. The van der Waals surface area contributed by atoms with Crippen molar-refractivity contribution >= 4 is 41.6 Å². The van der Waals surface area contributed by atoms with Gasteiger partial charge in [0.2, 0.25) is 0 Å². The van der Waals surface area contributed by atoms with Crippen molar-refractivity contribution in [1.82, 2.24) is 4.98 Å². The molecule has 3 heteroatoms. The molecule has 0 radical (unpaired) electrons. The molecule has 1 heterocycles. The average molecular weight is 417 g/mol. The first-order chi connectivity index (χ1) is 15.2. The van der Waals surface area contributed by atoms with Gasteiger partial charge in [-0.05, 0) is 33.9 Å². The van der Waals surface area contributed by atoms with Crippen molar-refractivity contribution in [3.63, 3.8) is 0 Å². The molecular formula is C28H25AlN2. The molecule has 4 aromatic carbocycles. The number of aromatic nitrogens is 1. The summed E-state index contributed by atoms with van der Waals surface area (Å²) < 4.78 is 2.63. The van der Waals surface area contributed by atoms with Crippen LogP contribution in [0.4, 0.5) is 5.69 Å². The summed E-state index contributed by atoms with van der Waals surface area (Å²) in [7, 11) is 0. The van der Waals surface area contributed by atoms with Gasteiger partial charge < -0.3 is 3.88 Å². The van der Waals surface area contributed by atoms with Crippen LogP contribution in [0.5, 0.6) is 0 Å². The molecule has 0 unspecified atom stereocenters. The third-order valence-electron chi connectivity index (χ3n) is 5.95. The zero-order valence-electron chi connectivity index (χ0n) is 18.0. The fourth-order valence-corrected chi connectivity index (χ4v) is 5.74. The molecule has 5 aromatic rings. The highest BCUT2D eigenvalue weighted by molar-refractivity contribution is 6.60. The SMILES string of the molecule is [CH3][Al]([CH3])[N](Cc1ccccc1)c1ccc2ccccc2c1-c1nccc2ccccc12. The minimum atomic E-state index is -1.17. The third kappa shape index (κ3) is 3.83. The van der Waals surface area contributed by atoms with Crippen LogP contribution < -0.4 is 3.88 Å². The van der Waals surface area contributed by atoms with E-state index < -0.39 is 14.4 Å². The summed E-state index contributed by atoms with van der Waals surface area (Å²) in [5, 5.41) is 4.94. The first kappa shape index (κ1) is 19.8. The highest BCUT2D eigenvalue weighted by Crippen LogP contribution is 2.40. The van der Waals surface area contributed by atoms with Gasteiger partial charge in [-0.15, -0.1) is 0 Å². The maximum atomic E-state index is 4.93. The van der Waals surface area contributed by atoms with E-state index in [0.717, 1.165) is 12.2 Å². The molecule has 150 valence electrons. The van der Waals surface area contributed by atoms with Crippen LogP contribution in [0.25, 0.3) is 32.8 Å². The maximum Gasteiger partial charge on any atom is 0.407 e. The molecule has 0 saturated carbocycles. The molecule has 0 aliphatic heterocycles. The van der Waals surface area contributed by atoms with Crippen LogP contribution in [0.15, 0.2) is 103 Å². The van der Waals surface area contributed by atoms with E-state index in [1.807, 2.05) is 6.20 Å². The molecule has 0 saturated heterocycles. The Kier molecular flexibility index (Phi) is 5.47. The van der Waals surface area contributed by atoms with Gasteiger partial charge in [0.05, 0.1) is 5.69 Å². The van der Waals surface area contributed by atoms with Gasteiger partial charge in [0.1, 0.15) is 0 Å². The Morgan fingerprint density at radius 2 is 1.32 bits per heavy atom. The molecule has 0 aliphatic rings. The molecule has 0 fully saturated rings. The van der Waals surface area contributed by atoms with Crippen LogP contribution in [0.3, 0.4) is 0 Å². The maximum absolute atomic E-state index is 4.93. The normalized spacial score (nSPS) is 11.0. The lowest BCUT2D eigenvalue weighted by Crippen LogP contribution is -2.34. The van der Waals surface area contributed by atoms with Crippen molar-refractivity contribution in [3.8, 4) is 11.3 Å². The first-order valence-corrected chi connectivity index (χ1v) is 13.7. The monoisotopic (exact) mass is 416 g/mol. The number of hydrogen-bond donors (Lipinski definition) is 0. The van der Waals surface area contributed by atoms with Gasteiger partial charge in [-0.1, -0.05) is 96.5 Å². The van der Waals surface area contributed by atoms with Crippen LogP contribution in [0.1, 0.15) is 5.56 Å². The lowest BCUT2D eigenvalue weighted by Gasteiger charge is -2.31. The van der Waals surface area contributed by atoms with E-state index in [-0.39, 0.29) is 0 Å². The Hall–Kier alpha value is -3.12. The molecule has 0 atom stereocenters.